The highest BCUT2D eigenvalue weighted by molar-refractivity contribution is 5.53. The third-order valence-corrected chi connectivity index (χ3v) is 1.48. The van der Waals surface area contributed by atoms with Crippen molar-refractivity contribution >= 4 is 6.08 Å². The van der Waals surface area contributed by atoms with Crippen molar-refractivity contribution < 1.29 is 5.11 Å². The molecule has 0 spiro atoms. The predicted octanol–water partition coefficient (Wildman–Crippen LogP) is 4.79. The van der Waals surface area contributed by atoms with Crippen molar-refractivity contribution in [3.63, 3.8) is 0 Å². The van der Waals surface area contributed by atoms with Gasteiger partial charge in [0.05, 0.1) is 0 Å². The topological polar surface area (TPSA) is 20.2 Å². The van der Waals surface area contributed by atoms with Crippen LogP contribution in [-0.4, -0.2) is 5.11 Å². The van der Waals surface area contributed by atoms with Gasteiger partial charge in [0.1, 0.15) is 5.75 Å². The molecule has 0 fully saturated rings. The van der Waals surface area contributed by atoms with E-state index in [4.69, 9.17) is 5.11 Å². The summed E-state index contributed by atoms with van der Waals surface area (Å²) in [5.74, 6) is 0.292. The highest BCUT2D eigenvalue weighted by Gasteiger charge is 1.93. The van der Waals surface area contributed by atoms with Crippen molar-refractivity contribution in [2.45, 2.75) is 41.0 Å². The van der Waals surface area contributed by atoms with Crippen LogP contribution in [0.4, 0.5) is 0 Å². The third-order valence-electron chi connectivity index (χ3n) is 1.48. The fourth-order valence-electron chi connectivity index (χ4n) is 0.848. The third kappa shape index (κ3) is 7.80. The van der Waals surface area contributed by atoms with E-state index in [-0.39, 0.29) is 0 Å². The van der Waals surface area contributed by atoms with Crippen molar-refractivity contribution in [2.24, 2.45) is 0 Å². The molecule has 15 heavy (non-hydrogen) atoms. The normalized spacial score (nSPS) is 7.80. The second kappa shape index (κ2) is 10.8. The van der Waals surface area contributed by atoms with Crippen LogP contribution in [0.3, 0.4) is 0 Å². The molecule has 0 unspecified atom stereocenters. The van der Waals surface area contributed by atoms with Gasteiger partial charge in [-0.05, 0) is 30.2 Å². The van der Waals surface area contributed by atoms with Crippen molar-refractivity contribution in [1.29, 1.82) is 0 Å². The Hall–Kier alpha value is -1.24. The van der Waals surface area contributed by atoms with Crippen molar-refractivity contribution in [2.75, 3.05) is 0 Å². The van der Waals surface area contributed by atoms with Gasteiger partial charge in [-0.15, -0.1) is 0 Å². The summed E-state index contributed by atoms with van der Waals surface area (Å²) in [5, 5.41) is 9.02. The molecular formula is C14H24O. The molecule has 1 nitrogen and oxygen atoms in total. The Morgan fingerprint density at radius 1 is 1.27 bits per heavy atom. The lowest BCUT2D eigenvalue weighted by Gasteiger charge is -1.98. The molecule has 1 aromatic carbocycles. The summed E-state index contributed by atoms with van der Waals surface area (Å²) in [7, 11) is 0. The van der Waals surface area contributed by atoms with Crippen LogP contribution in [0.1, 0.15) is 45.2 Å². The van der Waals surface area contributed by atoms with Gasteiger partial charge < -0.3 is 5.11 Å². The van der Waals surface area contributed by atoms with E-state index in [2.05, 4.69) is 20.4 Å². The number of phenolic OH excluding ortho intramolecular Hbond substituents is 1. The van der Waals surface area contributed by atoms with E-state index in [1.165, 1.54) is 6.42 Å². The predicted molar refractivity (Wildman–Crippen MR) is 70.2 cm³/mol. The number of hydrogen-bond acceptors (Lipinski definition) is 1. The van der Waals surface area contributed by atoms with Crippen LogP contribution in [0.25, 0.3) is 6.08 Å². The van der Waals surface area contributed by atoms with Crippen LogP contribution in [0.2, 0.25) is 0 Å². The summed E-state index contributed by atoms with van der Waals surface area (Å²) in [6, 6.07) is 5.23. The van der Waals surface area contributed by atoms with Gasteiger partial charge in [0.2, 0.25) is 0 Å². The zero-order chi connectivity index (χ0) is 12.3. The van der Waals surface area contributed by atoms with Gasteiger partial charge in [-0.2, -0.15) is 0 Å². The van der Waals surface area contributed by atoms with E-state index in [9.17, 15) is 0 Å². The molecule has 0 aliphatic heterocycles. The number of aromatic hydroxyl groups is 1. The van der Waals surface area contributed by atoms with E-state index in [1.54, 1.807) is 18.2 Å². The first-order valence-corrected chi connectivity index (χ1v) is 5.57. The molecule has 1 N–H and O–H groups in total. The van der Waals surface area contributed by atoms with Gasteiger partial charge in [0.15, 0.2) is 0 Å². The number of phenols is 1. The molecule has 0 amide bonds. The quantitative estimate of drug-likeness (QED) is 0.703. The first-order valence-electron chi connectivity index (χ1n) is 5.57. The van der Waals surface area contributed by atoms with E-state index >= 15 is 0 Å². The molecule has 0 bridgehead atoms. The highest BCUT2D eigenvalue weighted by atomic mass is 16.3. The van der Waals surface area contributed by atoms with Crippen LogP contribution in [0.15, 0.2) is 24.8 Å². The molecule has 0 saturated carbocycles. The fraction of sp³-hybridized carbons (Fsp3) is 0.429. The van der Waals surface area contributed by atoms with Crippen molar-refractivity contribution in [3.05, 3.63) is 35.9 Å². The maximum Gasteiger partial charge on any atom is 0.116 e. The maximum atomic E-state index is 9.02. The number of benzene rings is 1. The average molecular weight is 208 g/mol. The molecule has 0 aliphatic rings. The lowest BCUT2D eigenvalue weighted by Crippen LogP contribution is -1.77. The highest BCUT2D eigenvalue weighted by Crippen LogP contribution is 2.16. The van der Waals surface area contributed by atoms with Crippen LogP contribution < -0.4 is 0 Å². The van der Waals surface area contributed by atoms with E-state index < -0.39 is 0 Å². The molecule has 1 aromatic rings. The number of rotatable bonds is 1. The molecule has 1 rings (SSSR count). The standard InChI is InChI=1S/C9H10O.C3H8.C2H6/c1-3-8-6-9(10)5-4-7(8)2;1-3-2;1-2/h3-6,10H,1H2,2H3;3H2,1-2H3;1-2H3. The lowest BCUT2D eigenvalue weighted by atomic mass is 10.1. The van der Waals surface area contributed by atoms with Gasteiger partial charge in [-0.3, -0.25) is 0 Å². The summed E-state index contributed by atoms with van der Waals surface area (Å²) in [6.07, 6.45) is 2.98. The van der Waals surface area contributed by atoms with Crippen LogP contribution in [0, 0.1) is 6.92 Å². The molecule has 0 radical (unpaired) electrons. The van der Waals surface area contributed by atoms with Crippen LogP contribution >= 0.6 is 0 Å². The van der Waals surface area contributed by atoms with Gasteiger partial charge in [-0.25, -0.2) is 0 Å². The Labute approximate surface area is 94.5 Å². The number of aryl methyl sites for hydroxylation is 1. The Morgan fingerprint density at radius 2 is 1.73 bits per heavy atom. The molecule has 86 valence electrons. The van der Waals surface area contributed by atoms with E-state index in [0.29, 0.717) is 5.75 Å². The average Bonchev–Trinajstić information content (AvgIpc) is 2.26. The van der Waals surface area contributed by atoms with Crippen molar-refractivity contribution in [3.8, 4) is 5.75 Å². The van der Waals surface area contributed by atoms with Crippen LogP contribution in [-0.2, 0) is 0 Å². The fourth-order valence-corrected chi connectivity index (χ4v) is 0.848. The van der Waals surface area contributed by atoms with Gasteiger partial charge >= 0.3 is 0 Å². The molecule has 1 heteroatoms. The second-order valence-electron chi connectivity index (χ2n) is 2.95. The van der Waals surface area contributed by atoms with E-state index in [1.807, 2.05) is 26.8 Å². The lowest BCUT2D eigenvalue weighted by molar-refractivity contribution is 0.475. The molecular weight excluding hydrogens is 184 g/mol. The molecule has 0 heterocycles. The number of hydrogen-bond donors (Lipinski definition) is 1. The molecule has 0 aliphatic carbocycles. The smallest absolute Gasteiger partial charge is 0.116 e. The van der Waals surface area contributed by atoms with E-state index in [0.717, 1.165) is 11.1 Å². The Balaban J connectivity index is 0. The Kier molecular flexibility index (Phi) is 11.7. The van der Waals surface area contributed by atoms with Gasteiger partial charge in [0, 0.05) is 0 Å². The molecule has 0 aromatic heterocycles. The van der Waals surface area contributed by atoms with Gasteiger partial charge in [-0.1, -0.05) is 52.8 Å². The summed E-state index contributed by atoms with van der Waals surface area (Å²) in [5.41, 5.74) is 2.12. The molecule has 0 atom stereocenters. The molecule has 0 saturated heterocycles. The first kappa shape index (κ1) is 16.2. The zero-order valence-corrected chi connectivity index (χ0v) is 10.7. The summed E-state index contributed by atoms with van der Waals surface area (Å²) >= 11 is 0. The monoisotopic (exact) mass is 208 g/mol. The Bertz CT molecular complexity index is 264. The minimum absolute atomic E-state index is 0.292. The second-order valence-corrected chi connectivity index (χ2v) is 2.95. The minimum Gasteiger partial charge on any atom is -0.508 e. The Morgan fingerprint density at radius 3 is 2.07 bits per heavy atom. The van der Waals surface area contributed by atoms with Crippen molar-refractivity contribution in [1.82, 2.24) is 0 Å². The first-order chi connectivity index (χ1) is 7.15. The van der Waals surface area contributed by atoms with Gasteiger partial charge in [0.25, 0.3) is 0 Å². The minimum atomic E-state index is 0.292. The SMILES string of the molecule is C=Cc1cc(O)ccc1C.CC.CCC. The largest absolute Gasteiger partial charge is 0.508 e. The maximum absolute atomic E-state index is 9.02. The summed E-state index contributed by atoms with van der Waals surface area (Å²) in [4.78, 5) is 0. The summed E-state index contributed by atoms with van der Waals surface area (Å²) < 4.78 is 0. The summed E-state index contributed by atoms with van der Waals surface area (Å²) in [6.45, 7) is 13.9. The zero-order valence-electron chi connectivity index (χ0n) is 10.7. The van der Waals surface area contributed by atoms with Crippen LogP contribution in [0.5, 0.6) is 5.75 Å².